The molecule has 0 aromatic carbocycles. The second kappa shape index (κ2) is 4.29. The molecule has 0 N–H and O–H groups in total. The number of rotatable bonds is 2. The Labute approximate surface area is 83.9 Å². The minimum Gasteiger partial charge on any atom is -0.465 e. The monoisotopic (exact) mass is 219 g/mol. The van der Waals surface area contributed by atoms with Gasteiger partial charge in [-0.25, -0.2) is 18.6 Å². The summed E-state index contributed by atoms with van der Waals surface area (Å²) in [7, 11) is 1.06. The summed E-state index contributed by atoms with van der Waals surface area (Å²) in [6, 6.07) is 0.532. The Bertz CT molecular complexity index is 393. The highest BCUT2D eigenvalue weighted by molar-refractivity contribution is 5.92. The first-order valence-electron chi connectivity index (χ1n) is 4.01. The highest BCUT2D eigenvalue weighted by atomic mass is 19.3. The van der Waals surface area contributed by atoms with Gasteiger partial charge in [-0.1, -0.05) is 0 Å². The number of carbonyl (C=O) groups excluding carboxylic acids is 1. The van der Waals surface area contributed by atoms with Crippen molar-refractivity contribution < 1.29 is 22.7 Å². The Morgan fingerprint density at radius 3 is 2.60 bits per heavy atom. The van der Waals surface area contributed by atoms with E-state index in [1.165, 1.54) is 6.92 Å². The van der Waals surface area contributed by atoms with Crippen LogP contribution in [0.1, 0.15) is 28.0 Å². The number of halogens is 3. The molecule has 0 amide bonds. The van der Waals surface area contributed by atoms with Crippen LogP contribution in [0.3, 0.4) is 0 Å². The van der Waals surface area contributed by atoms with Crippen LogP contribution in [-0.2, 0) is 4.74 Å². The molecule has 0 saturated heterocycles. The SMILES string of the molecule is COC(=O)c1c(C(F)F)cc(F)nc1C. The van der Waals surface area contributed by atoms with Gasteiger partial charge in [0, 0.05) is 11.6 Å². The fourth-order valence-electron chi connectivity index (χ4n) is 1.20. The number of aromatic nitrogens is 1. The van der Waals surface area contributed by atoms with Crippen LogP contribution in [0.15, 0.2) is 6.07 Å². The minimum atomic E-state index is -2.95. The molecule has 15 heavy (non-hydrogen) atoms. The number of pyridine rings is 1. The largest absolute Gasteiger partial charge is 0.465 e. The average molecular weight is 219 g/mol. The Morgan fingerprint density at radius 1 is 1.53 bits per heavy atom. The number of nitrogens with zero attached hydrogens (tertiary/aromatic N) is 1. The van der Waals surface area contributed by atoms with Crippen molar-refractivity contribution in [2.45, 2.75) is 13.3 Å². The van der Waals surface area contributed by atoms with Crippen LogP contribution in [0.25, 0.3) is 0 Å². The van der Waals surface area contributed by atoms with Crippen molar-refractivity contribution in [1.29, 1.82) is 0 Å². The number of alkyl halides is 2. The molecule has 1 aromatic heterocycles. The van der Waals surface area contributed by atoms with E-state index in [4.69, 9.17) is 0 Å². The van der Waals surface area contributed by atoms with Gasteiger partial charge >= 0.3 is 5.97 Å². The zero-order chi connectivity index (χ0) is 11.6. The summed E-state index contributed by atoms with van der Waals surface area (Å²) in [4.78, 5) is 14.4. The van der Waals surface area contributed by atoms with E-state index in [2.05, 4.69) is 9.72 Å². The molecule has 1 rings (SSSR count). The smallest absolute Gasteiger partial charge is 0.340 e. The number of hydrogen-bond acceptors (Lipinski definition) is 3. The number of methoxy groups -OCH3 is 1. The molecule has 0 aliphatic rings. The quantitative estimate of drug-likeness (QED) is 0.565. The van der Waals surface area contributed by atoms with E-state index in [-0.39, 0.29) is 11.3 Å². The van der Waals surface area contributed by atoms with Gasteiger partial charge in [0.15, 0.2) is 0 Å². The molecule has 0 spiro atoms. The van der Waals surface area contributed by atoms with E-state index >= 15 is 0 Å². The van der Waals surface area contributed by atoms with Crippen molar-refractivity contribution >= 4 is 5.97 Å². The number of hydrogen-bond donors (Lipinski definition) is 0. The van der Waals surface area contributed by atoms with E-state index in [9.17, 15) is 18.0 Å². The van der Waals surface area contributed by atoms with Gasteiger partial charge in [-0.05, 0) is 6.92 Å². The zero-order valence-corrected chi connectivity index (χ0v) is 8.05. The van der Waals surface area contributed by atoms with Gasteiger partial charge in [0.2, 0.25) is 5.95 Å². The van der Waals surface area contributed by atoms with E-state index in [0.29, 0.717) is 6.07 Å². The van der Waals surface area contributed by atoms with Crippen molar-refractivity contribution in [2.75, 3.05) is 7.11 Å². The Hall–Kier alpha value is -1.59. The van der Waals surface area contributed by atoms with Crippen molar-refractivity contribution in [1.82, 2.24) is 4.98 Å². The molecule has 0 atom stereocenters. The van der Waals surface area contributed by atoms with Gasteiger partial charge in [0.1, 0.15) is 0 Å². The topological polar surface area (TPSA) is 39.2 Å². The third kappa shape index (κ3) is 2.26. The molecule has 0 saturated carbocycles. The zero-order valence-electron chi connectivity index (χ0n) is 8.05. The van der Waals surface area contributed by atoms with E-state index in [0.717, 1.165) is 7.11 Å². The third-order valence-corrected chi connectivity index (χ3v) is 1.82. The van der Waals surface area contributed by atoms with Crippen LogP contribution >= 0.6 is 0 Å². The lowest BCUT2D eigenvalue weighted by Gasteiger charge is -2.09. The number of aryl methyl sites for hydroxylation is 1. The van der Waals surface area contributed by atoms with Gasteiger partial charge in [0.25, 0.3) is 6.43 Å². The number of esters is 1. The molecule has 0 fully saturated rings. The third-order valence-electron chi connectivity index (χ3n) is 1.82. The summed E-state index contributed by atoms with van der Waals surface area (Å²) in [6.07, 6.45) is -2.95. The van der Waals surface area contributed by atoms with Crippen LogP contribution in [0.5, 0.6) is 0 Å². The lowest BCUT2D eigenvalue weighted by atomic mass is 10.1. The number of ether oxygens (including phenoxy) is 1. The Kier molecular flexibility index (Phi) is 3.28. The summed E-state index contributed by atoms with van der Waals surface area (Å²) in [5, 5.41) is 0. The molecule has 0 aliphatic carbocycles. The van der Waals surface area contributed by atoms with Gasteiger partial charge in [-0.2, -0.15) is 4.39 Å². The molecule has 1 heterocycles. The molecule has 1 aromatic rings. The highest BCUT2D eigenvalue weighted by Crippen LogP contribution is 2.25. The van der Waals surface area contributed by atoms with Crippen LogP contribution in [-0.4, -0.2) is 18.1 Å². The molecule has 6 heteroatoms. The van der Waals surface area contributed by atoms with E-state index < -0.39 is 23.9 Å². The first-order valence-corrected chi connectivity index (χ1v) is 4.01. The summed E-state index contributed by atoms with van der Waals surface area (Å²) >= 11 is 0. The molecule has 82 valence electrons. The lowest BCUT2D eigenvalue weighted by molar-refractivity contribution is 0.0587. The molecule has 0 unspecified atom stereocenters. The van der Waals surface area contributed by atoms with Crippen LogP contribution in [0, 0.1) is 12.9 Å². The van der Waals surface area contributed by atoms with E-state index in [1.807, 2.05) is 0 Å². The predicted molar refractivity (Wildman–Crippen MR) is 45.2 cm³/mol. The summed E-state index contributed by atoms with van der Waals surface area (Å²) in [5.74, 6) is -1.99. The van der Waals surface area contributed by atoms with Crippen molar-refractivity contribution in [3.63, 3.8) is 0 Å². The molecular formula is C9H8F3NO2. The molecular weight excluding hydrogens is 211 g/mol. The number of carbonyl (C=O) groups is 1. The fraction of sp³-hybridized carbons (Fsp3) is 0.333. The average Bonchev–Trinajstić information content (AvgIpc) is 2.15. The molecule has 0 aliphatic heterocycles. The fourth-order valence-corrected chi connectivity index (χ4v) is 1.20. The lowest BCUT2D eigenvalue weighted by Crippen LogP contribution is -2.11. The Balaban J connectivity index is 3.40. The predicted octanol–water partition coefficient (Wildman–Crippen LogP) is 2.25. The molecule has 0 radical (unpaired) electrons. The van der Waals surface area contributed by atoms with Crippen LogP contribution in [0.4, 0.5) is 13.2 Å². The normalized spacial score (nSPS) is 10.5. The second-order valence-corrected chi connectivity index (χ2v) is 2.79. The maximum atomic E-state index is 12.7. The van der Waals surface area contributed by atoms with Crippen molar-refractivity contribution in [2.24, 2.45) is 0 Å². The van der Waals surface area contributed by atoms with Crippen molar-refractivity contribution in [3.8, 4) is 0 Å². The molecule has 3 nitrogen and oxygen atoms in total. The first-order chi connectivity index (χ1) is 6.97. The maximum Gasteiger partial charge on any atom is 0.340 e. The van der Waals surface area contributed by atoms with Gasteiger partial charge < -0.3 is 4.74 Å². The standard InChI is InChI=1S/C9H8F3NO2/c1-4-7(9(14)15-2)5(8(11)12)3-6(10)13-4/h3,8H,1-2H3. The van der Waals surface area contributed by atoms with E-state index in [1.54, 1.807) is 0 Å². The first kappa shape index (κ1) is 11.5. The summed E-state index contributed by atoms with van der Waals surface area (Å²) < 4.78 is 42.0. The van der Waals surface area contributed by atoms with Crippen molar-refractivity contribution in [3.05, 3.63) is 28.8 Å². The van der Waals surface area contributed by atoms with Crippen LogP contribution < -0.4 is 0 Å². The van der Waals surface area contributed by atoms with Gasteiger partial charge in [0.05, 0.1) is 18.4 Å². The second-order valence-electron chi connectivity index (χ2n) is 2.79. The summed E-state index contributed by atoms with van der Waals surface area (Å²) in [6.45, 7) is 1.27. The molecule has 0 bridgehead atoms. The summed E-state index contributed by atoms with van der Waals surface area (Å²) in [5.41, 5.74) is -1.20. The Morgan fingerprint density at radius 2 is 2.13 bits per heavy atom. The van der Waals surface area contributed by atoms with Gasteiger partial charge in [-0.3, -0.25) is 0 Å². The van der Waals surface area contributed by atoms with Crippen LogP contribution in [0.2, 0.25) is 0 Å². The minimum absolute atomic E-state index is 0.114. The highest BCUT2D eigenvalue weighted by Gasteiger charge is 2.23. The maximum absolute atomic E-state index is 12.7. The van der Waals surface area contributed by atoms with Gasteiger partial charge in [-0.15, -0.1) is 0 Å².